The fourth-order valence-corrected chi connectivity index (χ4v) is 3.96. The van der Waals surface area contributed by atoms with Gasteiger partial charge in [-0.25, -0.2) is 0 Å². The maximum Gasteiger partial charge on any atom is 1.00 e. The van der Waals surface area contributed by atoms with Crippen molar-refractivity contribution in [2.24, 2.45) is 0 Å². The van der Waals surface area contributed by atoms with Crippen LogP contribution in [0, 0.1) is 5.75 Å². The fraction of sp³-hybridized carbons (Fsp3) is 0. The van der Waals surface area contributed by atoms with Crippen LogP contribution in [0.25, 0.3) is 4.91 Å². The summed E-state index contributed by atoms with van der Waals surface area (Å²) in [7, 11) is 0. The standard InChI is InChI=1S/C12H7S3.ClH.Hg/c1-3-9(13-7-1)11-5-6-12(15-11)10-4-2-8-14-10;;/h1-5,7-8H;1H;/q;;+1/p-1. The van der Waals surface area contributed by atoms with Gasteiger partial charge in [-0.3, -0.25) is 0 Å². The summed E-state index contributed by atoms with van der Waals surface area (Å²) < 4.78 is 0. The van der Waals surface area contributed by atoms with Gasteiger partial charge in [0, 0.05) is 20.4 Å². The third-order valence-corrected chi connectivity index (χ3v) is 5.20. The van der Waals surface area contributed by atoms with E-state index in [2.05, 4.69) is 47.2 Å². The number of thioether (sulfide) groups is 2. The summed E-state index contributed by atoms with van der Waals surface area (Å²) in [6.45, 7) is 0. The van der Waals surface area contributed by atoms with Crippen LogP contribution in [0.3, 0.4) is 0 Å². The Balaban J connectivity index is 0.000000722. The Labute approximate surface area is 140 Å². The van der Waals surface area contributed by atoms with E-state index in [0.29, 0.717) is 0 Å². The van der Waals surface area contributed by atoms with Crippen molar-refractivity contribution < 1.29 is 40.1 Å². The van der Waals surface area contributed by atoms with Crippen LogP contribution >= 0.6 is 34.9 Å². The van der Waals surface area contributed by atoms with E-state index in [9.17, 15) is 0 Å². The van der Waals surface area contributed by atoms with Gasteiger partial charge < -0.3 is 12.4 Å². The fourth-order valence-electron chi connectivity index (χ4n) is 1.37. The van der Waals surface area contributed by atoms with Gasteiger partial charge in [0.2, 0.25) is 0 Å². The molecule has 0 amide bonds. The Bertz CT molecular complexity index is 508. The zero-order chi connectivity index (χ0) is 10.1. The van der Waals surface area contributed by atoms with Crippen LogP contribution in [0.5, 0.6) is 0 Å². The van der Waals surface area contributed by atoms with Crippen LogP contribution in [0.4, 0.5) is 0 Å². The predicted molar refractivity (Wildman–Crippen MR) is 71.5 cm³/mol. The largest absolute Gasteiger partial charge is 1.00 e. The van der Waals surface area contributed by atoms with E-state index in [1.54, 1.807) is 23.1 Å². The number of hydrogen-bond donors (Lipinski definition) is 0. The van der Waals surface area contributed by atoms with Gasteiger partial charge >= 0.3 is 27.7 Å². The van der Waals surface area contributed by atoms with E-state index in [-0.39, 0.29) is 40.1 Å². The molecular formula is C12H7ClHgS3. The average molecular weight is 483 g/mol. The minimum absolute atomic E-state index is 0. The second-order valence-corrected chi connectivity index (χ2v) is 5.99. The maximum absolute atomic E-state index is 3.33. The van der Waals surface area contributed by atoms with E-state index in [1.165, 1.54) is 19.6 Å². The van der Waals surface area contributed by atoms with Gasteiger partial charge in [0.15, 0.2) is 0 Å². The van der Waals surface area contributed by atoms with E-state index >= 15 is 0 Å². The summed E-state index contributed by atoms with van der Waals surface area (Å²) >= 11 is 5.36. The molecular weight excluding hydrogens is 476 g/mol. The van der Waals surface area contributed by atoms with Crippen LogP contribution in [-0.4, -0.2) is 0 Å². The molecule has 3 rings (SSSR count). The van der Waals surface area contributed by atoms with Gasteiger partial charge in [0.1, 0.15) is 0 Å². The monoisotopic (exact) mass is 484 g/mol. The maximum atomic E-state index is 3.33. The summed E-state index contributed by atoms with van der Waals surface area (Å²) in [4.78, 5) is 5.20. The van der Waals surface area contributed by atoms with Crippen molar-refractivity contribution in [1.29, 1.82) is 0 Å². The number of rotatable bonds is 1. The molecule has 3 heterocycles. The quantitative estimate of drug-likeness (QED) is 0.441. The Kier molecular flexibility index (Phi) is 6.71. The Morgan fingerprint density at radius 3 is 2.71 bits per heavy atom. The van der Waals surface area contributed by atoms with Crippen molar-refractivity contribution in [3.63, 3.8) is 0 Å². The number of allylic oxidation sites excluding steroid dienone is 2. The Morgan fingerprint density at radius 2 is 2.06 bits per heavy atom. The van der Waals surface area contributed by atoms with Gasteiger partial charge in [-0.15, -0.1) is 28.8 Å². The molecule has 0 spiro atoms. The normalized spacial score (nSPS) is 21.1. The molecule has 0 unspecified atom stereocenters. The number of hydrogen-bond acceptors (Lipinski definition) is 3. The van der Waals surface area contributed by atoms with Crippen molar-refractivity contribution in [2.45, 2.75) is 0 Å². The van der Waals surface area contributed by atoms with Crippen LogP contribution in [0.15, 0.2) is 51.3 Å². The molecule has 1 aromatic rings. The predicted octanol–water partition coefficient (Wildman–Crippen LogP) is 1.67. The summed E-state index contributed by atoms with van der Waals surface area (Å²) in [5.41, 5.74) is 3.33. The molecule has 0 aliphatic carbocycles. The molecule has 0 N–H and O–H groups in total. The van der Waals surface area contributed by atoms with Crippen LogP contribution < -0.4 is 12.4 Å². The van der Waals surface area contributed by atoms with E-state index in [1.807, 2.05) is 11.8 Å². The topological polar surface area (TPSA) is 0 Å². The first kappa shape index (κ1) is 15.7. The average Bonchev–Trinajstić information content (AvgIpc) is 3.02. The molecule has 2 aliphatic rings. The van der Waals surface area contributed by atoms with Crippen molar-refractivity contribution in [3.8, 4) is 0 Å². The molecule has 1 aromatic heterocycles. The summed E-state index contributed by atoms with van der Waals surface area (Å²) in [5.74, 6) is 2.11. The Morgan fingerprint density at radius 1 is 1.18 bits per heavy atom. The van der Waals surface area contributed by atoms with Crippen LogP contribution in [0.2, 0.25) is 0 Å². The van der Waals surface area contributed by atoms with Crippen molar-refractivity contribution >= 4 is 39.8 Å². The van der Waals surface area contributed by atoms with Gasteiger partial charge in [0.05, 0.1) is 4.91 Å². The van der Waals surface area contributed by atoms with Gasteiger partial charge in [-0.05, 0) is 17.5 Å². The van der Waals surface area contributed by atoms with Crippen molar-refractivity contribution in [3.05, 3.63) is 61.9 Å². The third-order valence-electron chi connectivity index (χ3n) is 2.06. The van der Waals surface area contributed by atoms with E-state index < -0.39 is 0 Å². The van der Waals surface area contributed by atoms with Gasteiger partial charge in [-0.2, -0.15) is 0 Å². The van der Waals surface area contributed by atoms with Gasteiger partial charge in [0.25, 0.3) is 0 Å². The molecule has 0 aromatic carbocycles. The zero-order valence-electron chi connectivity index (χ0n) is 8.85. The second-order valence-electron chi connectivity index (χ2n) is 3.04. The van der Waals surface area contributed by atoms with Crippen molar-refractivity contribution in [1.82, 2.24) is 0 Å². The molecule has 0 fully saturated rings. The molecule has 0 atom stereocenters. The first-order chi connectivity index (χ1) is 7.43. The minimum Gasteiger partial charge on any atom is -1.00 e. The molecule has 2 radical (unpaired) electrons. The first-order valence-corrected chi connectivity index (χ1v) is 7.10. The first-order valence-electron chi connectivity index (χ1n) is 4.53. The SMILES string of the molecule is C1=CC(=C2C=C[CH]S2)SC=1c1cccs1.[Cl-].[Hg+]. The van der Waals surface area contributed by atoms with Crippen LogP contribution in [0.1, 0.15) is 4.88 Å². The zero-order valence-corrected chi connectivity index (χ0v) is 17.6. The minimum atomic E-state index is 0. The molecule has 82 valence electrons. The Hall–Kier alpha value is 0.625. The summed E-state index contributed by atoms with van der Waals surface area (Å²) in [6, 6.07) is 4.23. The second kappa shape index (κ2) is 7.27. The molecule has 0 saturated carbocycles. The number of halogens is 1. The van der Waals surface area contributed by atoms with Gasteiger partial charge in [-0.1, -0.05) is 30.0 Å². The molecule has 0 nitrogen and oxygen atoms in total. The molecule has 0 bridgehead atoms. The molecule has 2 aliphatic heterocycles. The molecule has 5 heteroatoms. The molecule has 17 heavy (non-hydrogen) atoms. The van der Waals surface area contributed by atoms with Crippen molar-refractivity contribution in [2.75, 3.05) is 0 Å². The number of thiophene rings is 1. The molecule has 0 saturated heterocycles. The van der Waals surface area contributed by atoms with Crippen LogP contribution in [-0.2, 0) is 27.7 Å². The van der Waals surface area contributed by atoms with E-state index in [4.69, 9.17) is 0 Å². The summed E-state index contributed by atoms with van der Waals surface area (Å²) in [6.07, 6.45) is 6.33. The summed E-state index contributed by atoms with van der Waals surface area (Å²) in [5, 5.41) is 2.10. The smallest absolute Gasteiger partial charge is 1.00 e. The van der Waals surface area contributed by atoms with E-state index in [0.717, 1.165) is 0 Å². The third kappa shape index (κ3) is 3.56.